The third kappa shape index (κ3) is 4.09. The number of nitrogens with one attached hydrogen (secondary N) is 2. The summed E-state index contributed by atoms with van der Waals surface area (Å²) >= 11 is 0. The molecule has 2 aliphatic heterocycles. The molecule has 1 saturated heterocycles. The van der Waals surface area contributed by atoms with Gasteiger partial charge in [-0.05, 0) is 42.5 Å². The molecule has 0 radical (unpaired) electrons. The number of amides is 2. The monoisotopic (exact) mass is 382 g/mol. The van der Waals surface area contributed by atoms with E-state index < -0.39 is 0 Å². The van der Waals surface area contributed by atoms with Crippen LogP contribution in [0.5, 0.6) is 11.5 Å². The Bertz CT molecular complexity index is 874. The first-order chi connectivity index (χ1) is 13.6. The van der Waals surface area contributed by atoms with Gasteiger partial charge in [0.2, 0.25) is 12.7 Å². The number of rotatable bonds is 4. The van der Waals surface area contributed by atoms with Crippen molar-refractivity contribution < 1.29 is 24.0 Å². The molecule has 7 nitrogen and oxygen atoms in total. The molecule has 0 aliphatic carbocycles. The topological polar surface area (TPSA) is 72.3 Å². The highest BCUT2D eigenvalue weighted by atomic mass is 16.7. The van der Waals surface area contributed by atoms with Crippen LogP contribution in [0.4, 0.5) is 5.69 Å². The molecule has 2 aliphatic rings. The Balaban J connectivity index is 1.31. The predicted molar refractivity (Wildman–Crippen MR) is 104 cm³/mol. The van der Waals surface area contributed by atoms with E-state index in [4.69, 9.17) is 9.47 Å². The number of quaternary nitrogens is 1. The Kier molecular flexibility index (Phi) is 5.16. The van der Waals surface area contributed by atoms with Gasteiger partial charge in [-0.25, -0.2) is 0 Å². The number of hydrogen-bond donors (Lipinski definition) is 2. The predicted octanol–water partition coefficient (Wildman–Crippen LogP) is 0.915. The number of ether oxygens (including phenoxy) is 2. The van der Waals surface area contributed by atoms with Crippen LogP contribution in [0.25, 0.3) is 0 Å². The standard InChI is InChI=1S/C21H23N3O4/c1-15(25)22-18-5-3-17(4-6-18)21(26)24-10-8-23(9-11-24)13-16-2-7-19-20(12-16)28-14-27-19/h2-7,12H,8-11,13-14H2,1H3,(H,22,25)/p+1. The van der Waals surface area contributed by atoms with Crippen molar-refractivity contribution in [3.63, 3.8) is 0 Å². The molecule has 1 fully saturated rings. The van der Waals surface area contributed by atoms with Gasteiger partial charge in [0.1, 0.15) is 6.54 Å². The lowest BCUT2D eigenvalue weighted by atomic mass is 10.1. The molecule has 2 heterocycles. The van der Waals surface area contributed by atoms with E-state index in [1.54, 1.807) is 24.3 Å². The van der Waals surface area contributed by atoms with Crippen LogP contribution in [0.3, 0.4) is 0 Å². The van der Waals surface area contributed by atoms with E-state index in [9.17, 15) is 9.59 Å². The molecule has 0 aromatic heterocycles. The van der Waals surface area contributed by atoms with E-state index in [-0.39, 0.29) is 18.6 Å². The van der Waals surface area contributed by atoms with Crippen molar-refractivity contribution in [2.24, 2.45) is 0 Å². The molecule has 2 amide bonds. The second kappa shape index (κ2) is 7.90. The van der Waals surface area contributed by atoms with Gasteiger partial charge in [-0.1, -0.05) is 0 Å². The number of piperazine rings is 1. The van der Waals surface area contributed by atoms with Crippen molar-refractivity contribution in [3.8, 4) is 11.5 Å². The van der Waals surface area contributed by atoms with Gasteiger partial charge in [0.25, 0.3) is 5.91 Å². The molecule has 146 valence electrons. The maximum Gasteiger partial charge on any atom is 0.254 e. The Morgan fingerprint density at radius 2 is 1.75 bits per heavy atom. The lowest BCUT2D eigenvalue weighted by Crippen LogP contribution is -3.13. The average Bonchev–Trinajstić information content (AvgIpc) is 3.16. The summed E-state index contributed by atoms with van der Waals surface area (Å²) in [5.41, 5.74) is 2.56. The fourth-order valence-corrected chi connectivity index (χ4v) is 3.62. The molecular formula is C21H24N3O4+. The Morgan fingerprint density at radius 3 is 2.46 bits per heavy atom. The van der Waals surface area contributed by atoms with E-state index in [0.29, 0.717) is 11.3 Å². The number of anilines is 1. The average molecular weight is 382 g/mol. The number of nitrogens with zero attached hydrogens (tertiary/aromatic N) is 1. The molecule has 0 spiro atoms. The molecule has 2 aromatic rings. The van der Waals surface area contributed by atoms with Crippen molar-refractivity contribution in [1.82, 2.24) is 4.90 Å². The number of carbonyl (C=O) groups excluding carboxylic acids is 2. The third-order valence-electron chi connectivity index (χ3n) is 5.10. The smallest absolute Gasteiger partial charge is 0.254 e. The van der Waals surface area contributed by atoms with Crippen molar-refractivity contribution in [2.45, 2.75) is 13.5 Å². The van der Waals surface area contributed by atoms with Gasteiger partial charge in [-0.3, -0.25) is 9.59 Å². The van der Waals surface area contributed by atoms with E-state index in [1.165, 1.54) is 17.4 Å². The highest BCUT2D eigenvalue weighted by Crippen LogP contribution is 2.32. The number of benzene rings is 2. The van der Waals surface area contributed by atoms with Gasteiger partial charge >= 0.3 is 0 Å². The molecular weight excluding hydrogens is 358 g/mol. The van der Waals surface area contributed by atoms with Crippen LogP contribution in [-0.4, -0.2) is 49.7 Å². The summed E-state index contributed by atoms with van der Waals surface area (Å²) in [6.45, 7) is 5.93. The highest BCUT2D eigenvalue weighted by Gasteiger charge is 2.25. The van der Waals surface area contributed by atoms with Crippen molar-refractivity contribution in [3.05, 3.63) is 53.6 Å². The Hall–Kier alpha value is -3.06. The number of carbonyl (C=O) groups is 2. The fraction of sp³-hybridized carbons (Fsp3) is 0.333. The minimum absolute atomic E-state index is 0.0384. The third-order valence-corrected chi connectivity index (χ3v) is 5.10. The SMILES string of the molecule is CC(=O)Nc1ccc(C(=O)N2CC[NH+](Cc3ccc4c(c3)OCO4)CC2)cc1. The Morgan fingerprint density at radius 1 is 1.04 bits per heavy atom. The minimum atomic E-state index is -0.124. The molecule has 7 heteroatoms. The summed E-state index contributed by atoms with van der Waals surface area (Å²) < 4.78 is 10.8. The molecule has 0 atom stereocenters. The zero-order valence-electron chi connectivity index (χ0n) is 15.9. The molecule has 0 saturated carbocycles. The first-order valence-electron chi connectivity index (χ1n) is 9.47. The Labute approximate surface area is 163 Å². The van der Waals surface area contributed by atoms with Gasteiger partial charge in [0.05, 0.1) is 26.2 Å². The lowest BCUT2D eigenvalue weighted by molar-refractivity contribution is -0.917. The van der Waals surface area contributed by atoms with Crippen LogP contribution in [0.1, 0.15) is 22.8 Å². The first-order valence-corrected chi connectivity index (χ1v) is 9.47. The molecule has 0 bridgehead atoms. The molecule has 28 heavy (non-hydrogen) atoms. The van der Waals surface area contributed by atoms with Gasteiger partial charge < -0.3 is 24.6 Å². The molecule has 2 aromatic carbocycles. The fourth-order valence-electron chi connectivity index (χ4n) is 3.62. The normalized spacial score (nSPS) is 16.1. The van der Waals surface area contributed by atoms with Crippen LogP contribution in [0.15, 0.2) is 42.5 Å². The highest BCUT2D eigenvalue weighted by molar-refractivity contribution is 5.95. The molecule has 2 N–H and O–H groups in total. The second-order valence-corrected chi connectivity index (χ2v) is 7.17. The van der Waals surface area contributed by atoms with Gasteiger partial charge in [-0.2, -0.15) is 0 Å². The van der Waals surface area contributed by atoms with Crippen LogP contribution in [0, 0.1) is 0 Å². The van der Waals surface area contributed by atoms with Crippen LogP contribution in [0.2, 0.25) is 0 Å². The van der Waals surface area contributed by atoms with E-state index >= 15 is 0 Å². The van der Waals surface area contributed by atoms with Crippen LogP contribution >= 0.6 is 0 Å². The van der Waals surface area contributed by atoms with Crippen molar-refractivity contribution in [1.29, 1.82) is 0 Å². The van der Waals surface area contributed by atoms with E-state index in [0.717, 1.165) is 44.2 Å². The van der Waals surface area contributed by atoms with E-state index in [2.05, 4.69) is 11.4 Å². The minimum Gasteiger partial charge on any atom is -0.454 e. The summed E-state index contributed by atoms with van der Waals surface area (Å²) in [6, 6.07) is 13.1. The number of hydrogen-bond acceptors (Lipinski definition) is 4. The molecule has 0 unspecified atom stereocenters. The van der Waals surface area contributed by atoms with E-state index in [1.807, 2.05) is 17.0 Å². The summed E-state index contributed by atoms with van der Waals surface area (Å²) in [5.74, 6) is 1.53. The summed E-state index contributed by atoms with van der Waals surface area (Å²) in [6.07, 6.45) is 0. The maximum absolute atomic E-state index is 12.7. The number of fused-ring (bicyclic) bond motifs is 1. The molecule has 4 rings (SSSR count). The zero-order valence-corrected chi connectivity index (χ0v) is 15.9. The first kappa shape index (κ1) is 18.3. The largest absolute Gasteiger partial charge is 0.454 e. The summed E-state index contributed by atoms with van der Waals surface area (Å²) in [4.78, 5) is 27.2. The van der Waals surface area contributed by atoms with Gasteiger partial charge in [0, 0.05) is 23.7 Å². The van der Waals surface area contributed by atoms with Gasteiger partial charge in [0.15, 0.2) is 11.5 Å². The summed E-state index contributed by atoms with van der Waals surface area (Å²) in [7, 11) is 0. The van der Waals surface area contributed by atoms with Crippen molar-refractivity contribution in [2.75, 3.05) is 38.3 Å². The van der Waals surface area contributed by atoms with Gasteiger partial charge in [-0.15, -0.1) is 0 Å². The second-order valence-electron chi connectivity index (χ2n) is 7.17. The quantitative estimate of drug-likeness (QED) is 0.825. The maximum atomic E-state index is 12.7. The summed E-state index contributed by atoms with van der Waals surface area (Å²) in [5, 5.41) is 2.71. The lowest BCUT2D eigenvalue weighted by Gasteiger charge is -2.32. The van der Waals surface area contributed by atoms with Crippen LogP contribution in [-0.2, 0) is 11.3 Å². The van der Waals surface area contributed by atoms with Crippen molar-refractivity contribution >= 4 is 17.5 Å². The van der Waals surface area contributed by atoms with Crippen LogP contribution < -0.4 is 19.7 Å². The zero-order chi connectivity index (χ0) is 19.5.